The van der Waals surface area contributed by atoms with E-state index >= 15 is 0 Å². The lowest BCUT2D eigenvalue weighted by Crippen LogP contribution is -2.45. The lowest BCUT2D eigenvalue weighted by Gasteiger charge is -2.20. The van der Waals surface area contributed by atoms with Gasteiger partial charge in [0.2, 0.25) is 5.91 Å². The zero-order valence-corrected chi connectivity index (χ0v) is 14.3. The number of hydrogen-bond acceptors (Lipinski definition) is 5. The molecule has 1 amide bonds. The van der Waals surface area contributed by atoms with Gasteiger partial charge in [-0.05, 0) is 31.0 Å². The molecule has 6 nitrogen and oxygen atoms in total. The quantitative estimate of drug-likeness (QED) is 0.788. The van der Waals surface area contributed by atoms with Gasteiger partial charge >= 0.3 is 0 Å². The maximum absolute atomic E-state index is 12.9. The summed E-state index contributed by atoms with van der Waals surface area (Å²) in [7, 11) is 0. The second kappa shape index (κ2) is 6.63. The average molecular weight is 340 g/mol. The van der Waals surface area contributed by atoms with Crippen molar-refractivity contribution in [1.29, 1.82) is 0 Å². The molecule has 4 atom stereocenters. The van der Waals surface area contributed by atoms with Gasteiger partial charge in [0.25, 0.3) is 0 Å². The van der Waals surface area contributed by atoms with E-state index in [-0.39, 0.29) is 30.0 Å². The van der Waals surface area contributed by atoms with E-state index in [1.165, 1.54) is 5.56 Å². The van der Waals surface area contributed by atoms with Crippen molar-refractivity contribution < 1.29 is 9.21 Å². The van der Waals surface area contributed by atoms with Crippen molar-refractivity contribution in [3.8, 4) is 0 Å². The summed E-state index contributed by atoms with van der Waals surface area (Å²) in [5.41, 5.74) is 13.8. The zero-order chi connectivity index (χ0) is 17.4. The summed E-state index contributed by atoms with van der Waals surface area (Å²) in [6, 6.07) is 13.8. The minimum atomic E-state index is -0.253. The molecule has 6 heteroatoms. The molecule has 2 saturated heterocycles. The number of amides is 1. The highest BCUT2D eigenvalue weighted by Gasteiger charge is 2.39. The van der Waals surface area contributed by atoms with E-state index in [0.29, 0.717) is 19.5 Å². The lowest BCUT2D eigenvalue weighted by molar-refractivity contribution is -0.132. The molecule has 2 aliphatic heterocycles. The van der Waals surface area contributed by atoms with Gasteiger partial charge in [0.15, 0.2) is 0 Å². The Kier molecular flexibility index (Phi) is 4.33. The molecule has 0 spiro atoms. The number of aryl methyl sites for hydroxylation is 1. The molecule has 0 aliphatic carbocycles. The van der Waals surface area contributed by atoms with E-state index in [4.69, 9.17) is 10.2 Å². The number of nitrogens with two attached hydrogens (primary N) is 1. The number of hydrogen-bond donors (Lipinski definition) is 3. The Morgan fingerprint density at radius 2 is 1.96 bits per heavy atom. The number of likely N-dealkylation sites (tertiary alicyclic amines) is 1. The van der Waals surface area contributed by atoms with Gasteiger partial charge in [-0.3, -0.25) is 4.79 Å². The number of furan rings is 1. The Hall–Kier alpha value is -2.15. The van der Waals surface area contributed by atoms with Crippen LogP contribution in [0.15, 0.2) is 46.9 Å². The first-order valence-electron chi connectivity index (χ1n) is 8.78. The summed E-state index contributed by atoms with van der Waals surface area (Å²) < 4.78 is 5.67. The van der Waals surface area contributed by atoms with Crippen LogP contribution in [-0.4, -0.2) is 36.0 Å². The van der Waals surface area contributed by atoms with Crippen LogP contribution in [0.1, 0.15) is 35.5 Å². The Morgan fingerprint density at radius 3 is 2.68 bits per heavy atom. The molecule has 1 aromatic carbocycles. The van der Waals surface area contributed by atoms with Crippen LogP contribution in [0.3, 0.4) is 0 Å². The van der Waals surface area contributed by atoms with E-state index in [1.54, 1.807) is 0 Å². The average Bonchev–Trinajstić information content (AvgIpc) is 3.34. The van der Waals surface area contributed by atoms with Gasteiger partial charge in [0.05, 0.1) is 6.04 Å². The van der Waals surface area contributed by atoms with Crippen LogP contribution < -0.4 is 16.6 Å². The third-order valence-electron chi connectivity index (χ3n) is 5.21. The second-order valence-corrected chi connectivity index (χ2v) is 7.00. The molecule has 0 saturated carbocycles. The van der Waals surface area contributed by atoms with Gasteiger partial charge in [0.1, 0.15) is 17.6 Å². The zero-order valence-electron chi connectivity index (χ0n) is 14.3. The molecule has 132 valence electrons. The van der Waals surface area contributed by atoms with Crippen molar-refractivity contribution in [3.05, 3.63) is 59.5 Å². The van der Waals surface area contributed by atoms with Crippen molar-refractivity contribution in [3.63, 3.8) is 0 Å². The van der Waals surface area contributed by atoms with E-state index in [0.717, 1.165) is 11.5 Å². The van der Waals surface area contributed by atoms with Gasteiger partial charge in [0, 0.05) is 25.0 Å². The highest BCUT2D eigenvalue weighted by molar-refractivity contribution is 5.82. The van der Waals surface area contributed by atoms with Crippen molar-refractivity contribution in [1.82, 2.24) is 15.8 Å². The molecular formula is C19H24N4O2. The molecule has 4 rings (SSSR count). The molecule has 1 aromatic heterocycles. The topological polar surface area (TPSA) is 83.5 Å². The second-order valence-electron chi connectivity index (χ2n) is 7.00. The minimum absolute atomic E-state index is 0.0175. The van der Waals surface area contributed by atoms with Crippen molar-refractivity contribution in [2.45, 2.75) is 37.4 Å². The number of nitrogens with zero attached hydrogens (tertiary/aromatic N) is 1. The monoisotopic (exact) mass is 340 g/mol. The van der Waals surface area contributed by atoms with Crippen molar-refractivity contribution in [2.75, 3.05) is 13.1 Å². The molecule has 0 radical (unpaired) electrons. The highest BCUT2D eigenvalue weighted by atomic mass is 16.3. The first-order valence-corrected chi connectivity index (χ1v) is 8.78. The third kappa shape index (κ3) is 3.20. The fraction of sp³-hybridized carbons (Fsp3) is 0.421. The van der Waals surface area contributed by atoms with Crippen LogP contribution in [0.2, 0.25) is 0 Å². The third-order valence-corrected chi connectivity index (χ3v) is 5.21. The van der Waals surface area contributed by atoms with Gasteiger partial charge < -0.3 is 15.1 Å². The van der Waals surface area contributed by atoms with Crippen LogP contribution >= 0.6 is 0 Å². The van der Waals surface area contributed by atoms with Crippen molar-refractivity contribution >= 4 is 5.91 Å². The minimum Gasteiger partial charge on any atom is -0.465 e. The predicted octanol–water partition coefficient (Wildman–Crippen LogP) is 1.45. The van der Waals surface area contributed by atoms with Gasteiger partial charge in [-0.25, -0.2) is 10.9 Å². The number of nitrogens with one attached hydrogen (secondary N) is 2. The Bertz CT molecular complexity index is 745. The maximum Gasteiger partial charge on any atom is 0.241 e. The molecular weight excluding hydrogens is 316 g/mol. The fourth-order valence-electron chi connectivity index (χ4n) is 3.83. The van der Waals surface area contributed by atoms with Gasteiger partial charge in [-0.2, -0.15) is 0 Å². The predicted molar refractivity (Wildman–Crippen MR) is 94.6 cm³/mol. The molecule has 2 aromatic rings. The molecule has 2 aliphatic rings. The summed E-state index contributed by atoms with van der Waals surface area (Å²) in [5.74, 6) is 2.04. The normalized spacial score (nSPS) is 29.3. The largest absolute Gasteiger partial charge is 0.465 e. The molecule has 3 heterocycles. The summed E-state index contributed by atoms with van der Waals surface area (Å²) in [5, 5.41) is 0. The van der Waals surface area contributed by atoms with E-state index in [1.807, 2.05) is 42.2 Å². The van der Waals surface area contributed by atoms with Crippen LogP contribution in [0.4, 0.5) is 0 Å². The molecule has 0 bridgehead atoms. The van der Waals surface area contributed by atoms with E-state index in [2.05, 4.69) is 23.0 Å². The number of carbonyl (C=O) groups is 1. The lowest BCUT2D eigenvalue weighted by atomic mass is 9.95. The Labute approximate surface area is 147 Å². The SMILES string of the molecule is Cc1ccc(C2CC(C(=O)N3C[C@@H](N)[C@H](c4ccccc4)C3)NN2)o1. The molecule has 4 N–H and O–H groups in total. The van der Waals surface area contributed by atoms with Crippen LogP contribution in [0, 0.1) is 6.92 Å². The Balaban J connectivity index is 1.40. The Morgan fingerprint density at radius 1 is 1.16 bits per heavy atom. The van der Waals surface area contributed by atoms with Crippen LogP contribution in [-0.2, 0) is 4.79 Å². The number of rotatable bonds is 3. The van der Waals surface area contributed by atoms with Crippen LogP contribution in [0.25, 0.3) is 0 Å². The van der Waals surface area contributed by atoms with E-state index in [9.17, 15) is 4.79 Å². The van der Waals surface area contributed by atoms with Gasteiger partial charge in [-0.15, -0.1) is 0 Å². The number of hydrazine groups is 1. The molecule has 2 unspecified atom stereocenters. The fourth-order valence-corrected chi connectivity index (χ4v) is 3.83. The molecule has 2 fully saturated rings. The summed E-state index contributed by atoms with van der Waals surface area (Å²) >= 11 is 0. The number of benzene rings is 1. The smallest absolute Gasteiger partial charge is 0.241 e. The van der Waals surface area contributed by atoms with Crippen molar-refractivity contribution in [2.24, 2.45) is 5.73 Å². The van der Waals surface area contributed by atoms with Crippen LogP contribution in [0.5, 0.6) is 0 Å². The first-order chi connectivity index (χ1) is 12.1. The van der Waals surface area contributed by atoms with E-state index < -0.39 is 0 Å². The van der Waals surface area contributed by atoms with Gasteiger partial charge in [-0.1, -0.05) is 30.3 Å². The standard InChI is InChI=1S/C19H24N4O2/c1-12-7-8-18(25-12)16-9-17(22-21-16)19(24)23-10-14(15(20)11-23)13-5-3-2-4-6-13/h2-8,14-17,21-22H,9-11,20H2,1H3/t14-,15+,16?,17?/m0/s1. The maximum atomic E-state index is 12.9. The summed E-state index contributed by atoms with van der Waals surface area (Å²) in [4.78, 5) is 14.8. The highest BCUT2D eigenvalue weighted by Crippen LogP contribution is 2.29. The summed E-state index contributed by atoms with van der Waals surface area (Å²) in [6.45, 7) is 3.19. The number of carbonyl (C=O) groups excluding carboxylic acids is 1. The molecule has 25 heavy (non-hydrogen) atoms. The summed E-state index contributed by atoms with van der Waals surface area (Å²) in [6.07, 6.45) is 0.674. The first kappa shape index (κ1) is 16.3.